The fourth-order valence-corrected chi connectivity index (χ4v) is 0.995. The summed E-state index contributed by atoms with van der Waals surface area (Å²) in [5.41, 5.74) is 0. The summed E-state index contributed by atoms with van der Waals surface area (Å²) in [6.45, 7) is 0.286. The number of hydrogen-bond donors (Lipinski definition) is 0. The van der Waals surface area contributed by atoms with Crippen molar-refractivity contribution in [3.05, 3.63) is 22.6 Å². The van der Waals surface area contributed by atoms with E-state index in [2.05, 4.69) is 18.3 Å². The van der Waals surface area contributed by atoms with Gasteiger partial charge in [-0.2, -0.15) is 0 Å². The molecule has 0 fully saturated rings. The minimum absolute atomic E-state index is 0.286. The number of rotatable bonds is 5. The molecule has 0 radical (unpaired) electrons. The van der Waals surface area contributed by atoms with E-state index in [-0.39, 0.29) is 6.61 Å². The molecule has 0 atom stereocenters. The van der Waals surface area contributed by atoms with E-state index in [1.165, 1.54) is 13.4 Å². The van der Waals surface area contributed by atoms with Gasteiger partial charge in [0.05, 0.1) is 13.7 Å². The van der Waals surface area contributed by atoms with Gasteiger partial charge in [-0.05, 0) is 12.8 Å². The van der Waals surface area contributed by atoms with Crippen LogP contribution in [0.4, 0.5) is 4.79 Å². The van der Waals surface area contributed by atoms with E-state index >= 15 is 0 Å². The first-order valence-corrected chi connectivity index (χ1v) is 4.50. The highest BCUT2D eigenvalue weighted by Gasteiger charge is 2.02. The first-order chi connectivity index (χ1) is 7.22. The van der Waals surface area contributed by atoms with Crippen LogP contribution in [0.3, 0.4) is 0 Å². The summed E-state index contributed by atoms with van der Waals surface area (Å²) in [7, 11) is 1.25. The van der Waals surface area contributed by atoms with Crippen molar-refractivity contribution in [3.63, 3.8) is 0 Å². The van der Waals surface area contributed by atoms with Crippen LogP contribution in [-0.4, -0.2) is 19.9 Å². The summed E-state index contributed by atoms with van der Waals surface area (Å²) in [5, 5.41) is 0. The second kappa shape index (κ2) is 5.90. The molecule has 6 heteroatoms. The molecule has 1 heterocycles. The Labute approximate surface area is 85.8 Å². The Hall–Kier alpha value is -1.72. The van der Waals surface area contributed by atoms with Crippen molar-refractivity contribution < 1.29 is 23.1 Å². The molecule has 0 aliphatic rings. The number of hydrogen-bond acceptors (Lipinski definition) is 6. The van der Waals surface area contributed by atoms with E-state index in [4.69, 9.17) is 0 Å². The summed E-state index contributed by atoms with van der Waals surface area (Å²) >= 11 is 0. The molecule has 0 unspecified atom stereocenters. The molecule has 0 N–H and O–H groups in total. The van der Waals surface area contributed by atoms with Crippen LogP contribution >= 0.6 is 0 Å². The minimum atomic E-state index is -0.698. The lowest BCUT2D eigenvalue weighted by molar-refractivity contribution is 0.0714. The van der Waals surface area contributed by atoms with E-state index in [9.17, 15) is 9.59 Å². The molecule has 0 amide bonds. The SMILES string of the molecule is COC(=O)OCCCCc1coc(=O)o1. The lowest BCUT2D eigenvalue weighted by atomic mass is 10.2. The fourth-order valence-electron chi connectivity index (χ4n) is 0.995. The van der Waals surface area contributed by atoms with Crippen LogP contribution in [0.2, 0.25) is 0 Å². The summed E-state index contributed by atoms with van der Waals surface area (Å²) < 4.78 is 18.1. The first kappa shape index (κ1) is 11.4. The van der Waals surface area contributed by atoms with Crippen molar-refractivity contribution in [1.82, 2.24) is 0 Å². The smallest absolute Gasteiger partial charge is 0.438 e. The Morgan fingerprint density at radius 3 is 2.87 bits per heavy atom. The average molecular weight is 216 g/mol. The van der Waals surface area contributed by atoms with Gasteiger partial charge in [0.1, 0.15) is 12.0 Å². The van der Waals surface area contributed by atoms with Gasteiger partial charge in [0.2, 0.25) is 0 Å². The third-order valence-electron chi connectivity index (χ3n) is 1.71. The number of methoxy groups -OCH3 is 1. The molecule has 0 saturated heterocycles. The highest BCUT2D eigenvalue weighted by atomic mass is 16.7. The Kier molecular flexibility index (Phi) is 4.46. The maximum absolute atomic E-state index is 10.5. The number of unbranched alkanes of at least 4 members (excludes halogenated alkanes) is 1. The molecule has 1 aromatic heterocycles. The zero-order chi connectivity index (χ0) is 11.1. The molecule has 0 spiro atoms. The van der Waals surface area contributed by atoms with E-state index in [0.29, 0.717) is 18.6 Å². The highest BCUT2D eigenvalue weighted by molar-refractivity contribution is 5.59. The van der Waals surface area contributed by atoms with Crippen LogP contribution in [0.1, 0.15) is 18.6 Å². The number of carbonyl (C=O) groups excluding carboxylic acids is 1. The fraction of sp³-hybridized carbons (Fsp3) is 0.556. The Morgan fingerprint density at radius 2 is 2.27 bits per heavy atom. The molecule has 0 aliphatic heterocycles. The molecule has 15 heavy (non-hydrogen) atoms. The van der Waals surface area contributed by atoms with Crippen molar-refractivity contribution in [2.75, 3.05) is 13.7 Å². The largest absolute Gasteiger partial charge is 0.518 e. The second-order valence-electron chi connectivity index (χ2n) is 2.81. The van der Waals surface area contributed by atoms with E-state index in [1.807, 2.05) is 0 Å². The monoisotopic (exact) mass is 216 g/mol. The van der Waals surface area contributed by atoms with Gasteiger partial charge < -0.3 is 18.3 Å². The summed E-state index contributed by atoms with van der Waals surface area (Å²) in [4.78, 5) is 21.0. The Morgan fingerprint density at radius 1 is 1.47 bits per heavy atom. The Bertz CT molecular complexity index is 349. The van der Waals surface area contributed by atoms with Crippen molar-refractivity contribution in [1.29, 1.82) is 0 Å². The minimum Gasteiger partial charge on any atom is -0.438 e. The molecule has 0 saturated carbocycles. The van der Waals surface area contributed by atoms with Crippen molar-refractivity contribution in [3.8, 4) is 0 Å². The van der Waals surface area contributed by atoms with Crippen LogP contribution in [0, 0.1) is 0 Å². The van der Waals surface area contributed by atoms with E-state index in [1.54, 1.807) is 0 Å². The second-order valence-corrected chi connectivity index (χ2v) is 2.81. The molecule has 6 nitrogen and oxygen atoms in total. The lowest BCUT2D eigenvalue weighted by Crippen LogP contribution is -2.05. The van der Waals surface area contributed by atoms with Gasteiger partial charge in [-0.1, -0.05) is 0 Å². The van der Waals surface area contributed by atoms with Gasteiger partial charge in [0, 0.05) is 6.42 Å². The van der Waals surface area contributed by atoms with Gasteiger partial charge in [-0.25, -0.2) is 9.59 Å². The highest BCUT2D eigenvalue weighted by Crippen LogP contribution is 2.02. The van der Waals surface area contributed by atoms with Crippen molar-refractivity contribution in [2.45, 2.75) is 19.3 Å². The maximum Gasteiger partial charge on any atom is 0.518 e. The van der Waals surface area contributed by atoms with Gasteiger partial charge in [0.15, 0.2) is 0 Å². The van der Waals surface area contributed by atoms with E-state index in [0.717, 1.165) is 6.42 Å². The average Bonchev–Trinajstić information content (AvgIpc) is 2.63. The van der Waals surface area contributed by atoms with Crippen LogP contribution in [0.25, 0.3) is 0 Å². The Balaban J connectivity index is 2.07. The summed E-state index contributed by atoms with van der Waals surface area (Å²) in [6, 6.07) is 0. The topological polar surface area (TPSA) is 78.9 Å². The standard InChI is InChI=1S/C9H12O6/c1-12-8(10)13-5-3-2-4-7-6-14-9(11)15-7/h6H,2-5H2,1H3. The normalized spacial score (nSPS) is 9.93. The van der Waals surface area contributed by atoms with Gasteiger partial charge in [-0.15, -0.1) is 0 Å². The van der Waals surface area contributed by atoms with Gasteiger partial charge in [0.25, 0.3) is 0 Å². The first-order valence-electron chi connectivity index (χ1n) is 4.50. The van der Waals surface area contributed by atoms with Gasteiger partial charge >= 0.3 is 12.0 Å². The molecule has 1 aromatic rings. The van der Waals surface area contributed by atoms with Crippen molar-refractivity contribution >= 4 is 6.16 Å². The molecule has 84 valence electrons. The van der Waals surface area contributed by atoms with E-state index < -0.39 is 12.0 Å². The third kappa shape index (κ3) is 4.35. The zero-order valence-corrected chi connectivity index (χ0v) is 8.36. The maximum atomic E-state index is 10.5. The molecule has 0 aromatic carbocycles. The number of carbonyl (C=O) groups is 1. The van der Waals surface area contributed by atoms with Gasteiger partial charge in [-0.3, -0.25) is 0 Å². The molecular formula is C9H12O6. The molecule has 1 rings (SSSR count). The van der Waals surface area contributed by atoms with Crippen LogP contribution in [0.15, 0.2) is 19.9 Å². The van der Waals surface area contributed by atoms with Crippen LogP contribution < -0.4 is 5.82 Å². The van der Waals surface area contributed by atoms with Crippen LogP contribution in [0.5, 0.6) is 0 Å². The third-order valence-corrected chi connectivity index (χ3v) is 1.71. The number of aryl methyl sites for hydroxylation is 1. The van der Waals surface area contributed by atoms with Crippen LogP contribution in [-0.2, 0) is 15.9 Å². The lowest BCUT2D eigenvalue weighted by Gasteiger charge is -2.01. The molecule has 0 bridgehead atoms. The summed E-state index contributed by atoms with van der Waals surface area (Å²) in [6.07, 6.45) is 2.58. The zero-order valence-electron chi connectivity index (χ0n) is 8.36. The predicted molar refractivity (Wildman–Crippen MR) is 48.5 cm³/mol. The quantitative estimate of drug-likeness (QED) is 0.545. The molecule has 0 aliphatic carbocycles. The number of ether oxygens (including phenoxy) is 2. The summed E-state index contributed by atoms with van der Waals surface area (Å²) in [5.74, 6) is -0.200. The predicted octanol–water partition coefficient (Wildman–Crippen LogP) is 1.34. The van der Waals surface area contributed by atoms with Crippen molar-refractivity contribution in [2.24, 2.45) is 0 Å². The molecular weight excluding hydrogens is 204 g/mol.